The minimum absolute atomic E-state index is 0.493. The molecule has 3 nitrogen and oxygen atoms in total. The van der Waals surface area contributed by atoms with Crippen molar-refractivity contribution < 1.29 is 0 Å². The Hall–Kier alpha value is -0.700. The van der Waals surface area contributed by atoms with Gasteiger partial charge in [0, 0.05) is 19.4 Å². The monoisotopic (exact) mass is 141 g/mol. The van der Waals surface area contributed by atoms with E-state index in [4.69, 9.17) is 0 Å². The molecule has 0 spiro atoms. The van der Waals surface area contributed by atoms with E-state index in [0.29, 0.717) is 6.17 Å². The lowest BCUT2D eigenvalue weighted by molar-refractivity contribution is 0.311. The van der Waals surface area contributed by atoms with E-state index in [-0.39, 0.29) is 0 Å². The van der Waals surface area contributed by atoms with Gasteiger partial charge in [-0.15, -0.1) is 0 Å². The second kappa shape index (κ2) is 3.46. The van der Waals surface area contributed by atoms with Gasteiger partial charge in [-0.05, 0) is 20.0 Å². The van der Waals surface area contributed by atoms with Crippen LogP contribution in [0.25, 0.3) is 0 Å². The maximum atomic E-state index is 3.25. The molecule has 58 valence electrons. The predicted molar refractivity (Wildman–Crippen MR) is 42.4 cm³/mol. The van der Waals surface area contributed by atoms with Crippen molar-refractivity contribution in [3.8, 4) is 0 Å². The fourth-order valence-corrected chi connectivity index (χ4v) is 1.06. The van der Waals surface area contributed by atoms with Crippen molar-refractivity contribution >= 4 is 0 Å². The Morgan fingerprint density at radius 3 is 3.00 bits per heavy atom. The van der Waals surface area contributed by atoms with E-state index in [0.717, 1.165) is 13.0 Å². The summed E-state index contributed by atoms with van der Waals surface area (Å²) in [5, 5.41) is 6.37. The Bertz CT molecular complexity index is 122. The summed E-state index contributed by atoms with van der Waals surface area (Å²) in [6, 6.07) is 0. The highest BCUT2D eigenvalue weighted by Gasteiger charge is 2.12. The highest BCUT2D eigenvalue weighted by Crippen LogP contribution is 2.03. The molecule has 0 saturated heterocycles. The molecule has 0 saturated carbocycles. The van der Waals surface area contributed by atoms with Crippen molar-refractivity contribution in [1.82, 2.24) is 15.5 Å². The van der Waals surface area contributed by atoms with E-state index in [1.807, 2.05) is 13.2 Å². The molecule has 1 aliphatic heterocycles. The zero-order valence-corrected chi connectivity index (χ0v) is 6.59. The van der Waals surface area contributed by atoms with Gasteiger partial charge in [-0.3, -0.25) is 0 Å². The van der Waals surface area contributed by atoms with E-state index < -0.39 is 0 Å². The third-order valence-electron chi connectivity index (χ3n) is 1.76. The van der Waals surface area contributed by atoms with Crippen molar-refractivity contribution in [2.24, 2.45) is 0 Å². The zero-order valence-electron chi connectivity index (χ0n) is 6.59. The van der Waals surface area contributed by atoms with E-state index in [1.54, 1.807) is 0 Å². The number of nitrogens with one attached hydrogen (secondary N) is 2. The Morgan fingerprint density at radius 1 is 1.70 bits per heavy atom. The van der Waals surface area contributed by atoms with Gasteiger partial charge in [-0.25, -0.2) is 0 Å². The van der Waals surface area contributed by atoms with Gasteiger partial charge in [0.25, 0.3) is 0 Å². The van der Waals surface area contributed by atoms with E-state index >= 15 is 0 Å². The SMILES string of the molecule is CNCCC1NC=CN1C. The fraction of sp³-hybridized carbons (Fsp3) is 0.714. The second-order valence-electron chi connectivity index (χ2n) is 2.56. The van der Waals surface area contributed by atoms with Crippen molar-refractivity contribution in [2.45, 2.75) is 12.6 Å². The minimum Gasteiger partial charge on any atom is -0.370 e. The van der Waals surface area contributed by atoms with Crippen LogP contribution in [0.5, 0.6) is 0 Å². The molecular formula is C7H15N3. The van der Waals surface area contributed by atoms with Crippen LogP contribution in [0.4, 0.5) is 0 Å². The molecule has 0 amide bonds. The molecule has 2 N–H and O–H groups in total. The summed E-state index contributed by atoms with van der Waals surface area (Å²) in [5.41, 5.74) is 0. The van der Waals surface area contributed by atoms with Gasteiger partial charge < -0.3 is 15.5 Å². The van der Waals surface area contributed by atoms with Gasteiger partial charge in [0.05, 0.1) is 6.17 Å². The van der Waals surface area contributed by atoms with Crippen molar-refractivity contribution in [3.05, 3.63) is 12.4 Å². The Balaban J connectivity index is 2.17. The van der Waals surface area contributed by atoms with E-state index in [2.05, 4.69) is 28.8 Å². The first kappa shape index (κ1) is 7.41. The van der Waals surface area contributed by atoms with Crippen LogP contribution >= 0.6 is 0 Å². The van der Waals surface area contributed by atoms with Crippen LogP contribution in [0.15, 0.2) is 12.4 Å². The van der Waals surface area contributed by atoms with Crippen LogP contribution in [0.3, 0.4) is 0 Å². The molecule has 1 rings (SSSR count). The summed E-state index contributed by atoms with van der Waals surface area (Å²) in [6.45, 7) is 1.06. The molecular weight excluding hydrogens is 126 g/mol. The summed E-state index contributed by atoms with van der Waals surface area (Å²) in [7, 11) is 4.05. The standard InChI is InChI=1S/C7H15N3/c1-8-4-3-7-9-5-6-10(7)2/h5-9H,3-4H2,1-2H3. The smallest absolute Gasteiger partial charge is 0.0990 e. The second-order valence-corrected chi connectivity index (χ2v) is 2.56. The van der Waals surface area contributed by atoms with Gasteiger partial charge in [0.1, 0.15) is 0 Å². The molecule has 0 bridgehead atoms. The first-order chi connectivity index (χ1) is 4.84. The molecule has 1 unspecified atom stereocenters. The number of hydrogen-bond donors (Lipinski definition) is 2. The van der Waals surface area contributed by atoms with Crippen LogP contribution in [0, 0.1) is 0 Å². The number of rotatable bonds is 3. The van der Waals surface area contributed by atoms with Crippen molar-refractivity contribution in [2.75, 3.05) is 20.6 Å². The summed E-state index contributed by atoms with van der Waals surface area (Å²) >= 11 is 0. The van der Waals surface area contributed by atoms with Gasteiger partial charge in [0.15, 0.2) is 0 Å². The molecule has 0 aliphatic carbocycles. The normalized spacial score (nSPS) is 23.4. The van der Waals surface area contributed by atoms with Crippen LogP contribution in [-0.2, 0) is 0 Å². The summed E-state index contributed by atoms with van der Waals surface area (Å²) in [6.07, 6.45) is 5.67. The molecule has 0 fully saturated rings. The molecule has 0 aromatic carbocycles. The van der Waals surface area contributed by atoms with Gasteiger partial charge >= 0.3 is 0 Å². The zero-order chi connectivity index (χ0) is 7.40. The topological polar surface area (TPSA) is 27.3 Å². The first-order valence-electron chi connectivity index (χ1n) is 3.64. The Labute approximate surface area is 62.1 Å². The maximum Gasteiger partial charge on any atom is 0.0990 e. The largest absolute Gasteiger partial charge is 0.370 e. The molecule has 1 atom stereocenters. The minimum atomic E-state index is 0.493. The highest BCUT2D eigenvalue weighted by molar-refractivity contribution is 4.92. The lowest BCUT2D eigenvalue weighted by Crippen LogP contribution is -2.34. The molecule has 1 heterocycles. The Morgan fingerprint density at radius 2 is 2.50 bits per heavy atom. The number of nitrogens with zero attached hydrogens (tertiary/aromatic N) is 1. The third-order valence-corrected chi connectivity index (χ3v) is 1.76. The lowest BCUT2D eigenvalue weighted by Gasteiger charge is -2.20. The average molecular weight is 141 g/mol. The summed E-state index contributed by atoms with van der Waals surface area (Å²) in [5.74, 6) is 0. The van der Waals surface area contributed by atoms with Crippen LogP contribution in [0.2, 0.25) is 0 Å². The molecule has 0 aromatic heterocycles. The van der Waals surface area contributed by atoms with E-state index in [9.17, 15) is 0 Å². The lowest BCUT2D eigenvalue weighted by atomic mass is 10.3. The first-order valence-corrected chi connectivity index (χ1v) is 3.64. The fourth-order valence-electron chi connectivity index (χ4n) is 1.06. The molecule has 10 heavy (non-hydrogen) atoms. The summed E-state index contributed by atoms with van der Waals surface area (Å²) < 4.78 is 0. The van der Waals surface area contributed by atoms with Crippen molar-refractivity contribution in [1.29, 1.82) is 0 Å². The van der Waals surface area contributed by atoms with Crippen LogP contribution in [0.1, 0.15) is 6.42 Å². The van der Waals surface area contributed by atoms with Crippen LogP contribution < -0.4 is 10.6 Å². The van der Waals surface area contributed by atoms with Gasteiger partial charge in [0.2, 0.25) is 0 Å². The van der Waals surface area contributed by atoms with Gasteiger partial charge in [-0.2, -0.15) is 0 Å². The maximum absolute atomic E-state index is 3.25. The number of hydrogen-bond acceptors (Lipinski definition) is 3. The quantitative estimate of drug-likeness (QED) is 0.576. The molecule has 0 aromatic rings. The Kier molecular flexibility index (Phi) is 2.57. The highest BCUT2D eigenvalue weighted by atomic mass is 15.3. The van der Waals surface area contributed by atoms with E-state index in [1.165, 1.54) is 0 Å². The van der Waals surface area contributed by atoms with Crippen molar-refractivity contribution in [3.63, 3.8) is 0 Å². The third kappa shape index (κ3) is 1.64. The molecule has 0 radical (unpaired) electrons. The molecule has 3 heteroatoms. The van der Waals surface area contributed by atoms with Crippen LogP contribution in [-0.4, -0.2) is 31.7 Å². The summed E-state index contributed by atoms with van der Waals surface area (Å²) in [4.78, 5) is 2.18. The predicted octanol–water partition coefficient (Wildman–Crippen LogP) is -0.0718. The average Bonchev–Trinajstić information content (AvgIpc) is 2.31. The molecule has 1 aliphatic rings. The van der Waals surface area contributed by atoms with Gasteiger partial charge in [-0.1, -0.05) is 0 Å².